The van der Waals surface area contributed by atoms with E-state index in [1.807, 2.05) is 0 Å². The molecule has 212 valence electrons. The van der Waals surface area contributed by atoms with Crippen molar-refractivity contribution in [3.8, 4) is 5.75 Å². The number of benzene rings is 1. The summed E-state index contributed by atoms with van der Waals surface area (Å²) in [5.74, 6) is -6.07. The number of hydrogen-bond donors (Lipinski definition) is 2. The van der Waals surface area contributed by atoms with Gasteiger partial charge in [-0.1, -0.05) is 18.9 Å². The first-order valence-electron chi connectivity index (χ1n) is 12.2. The highest BCUT2D eigenvalue weighted by Crippen LogP contribution is 2.52. The molecule has 0 bridgehead atoms. The van der Waals surface area contributed by atoms with Crippen LogP contribution in [0.1, 0.15) is 46.4 Å². The number of nitrogens with one attached hydrogen (secondary N) is 2. The van der Waals surface area contributed by atoms with E-state index in [0.29, 0.717) is 12.3 Å². The van der Waals surface area contributed by atoms with Gasteiger partial charge in [-0.2, -0.15) is 18.3 Å². The lowest BCUT2D eigenvalue weighted by Gasteiger charge is -2.39. The number of aromatic nitrogens is 2. The van der Waals surface area contributed by atoms with Gasteiger partial charge >= 0.3 is 6.18 Å². The topological polar surface area (TPSA) is 119 Å². The van der Waals surface area contributed by atoms with Crippen molar-refractivity contribution in [2.75, 3.05) is 23.9 Å². The van der Waals surface area contributed by atoms with Gasteiger partial charge < -0.3 is 15.4 Å². The number of anilines is 1. The van der Waals surface area contributed by atoms with Crippen molar-refractivity contribution in [2.45, 2.75) is 56.3 Å². The van der Waals surface area contributed by atoms with E-state index >= 15 is 8.78 Å². The zero-order valence-electron chi connectivity index (χ0n) is 20.7. The fraction of sp³-hybridized carbons (Fsp3) is 0.542. The fourth-order valence-electron chi connectivity index (χ4n) is 5.19. The number of hydrogen-bond acceptors (Lipinski definition) is 6. The molecular weight excluding hydrogens is 551 g/mol. The number of rotatable bonds is 8. The zero-order valence-corrected chi connectivity index (χ0v) is 21.5. The standard InChI is InChI=1S/C24H25F5N4O5S/c1-39(36,37)11-18(34)30-20-19-17(32-33(20)7-6-13-2-3-13)10-22(31-21(19)35)16-5-4-15(38-12-24(27,28)29)8-14(16)9-23(22,25)26/h4-5,8,13H,2-3,6-7,9-12H2,1H3,(H,30,34)(H,31,35)/t22-/m1/s1. The Morgan fingerprint density at radius 3 is 2.62 bits per heavy atom. The molecule has 39 heavy (non-hydrogen) atoms. The number of alkyl halides is 5. The van der Waals surface area contributed by atoms with E-state index in [4.69, 9.17) is 4.74 Å². The minimum absolute atomic E-state index is 0.00544. The number of carbonyl (C=O) groups excluding carboxylic acids is 2. The van der Waals surface area contributed by atoms with Crippen molar-refractivity contribution in [1.82, 2.24) is 15.1 Å². The van der Waals surface area contributed by atoms with E-state index in [1.54, 1.807) is 0 Å². The van der Waals surface area contributed by atoms with Gasteiger partial charge in [0, 0.05) is 25.6 Å². The lowest BCUT2D eigenvalue weighted by atomic mass is 9.80. The average Bonchev–Trinajstić information content (AvgIpc) is 3.51. The second kappa shape index (κ2) is 9.17. The molecule has 3 aliphatic rings. The Kier molecular flexibility index (Phi) is 6.43. The largest absolute Gasteiger partial charge is 0.484 e. The van der Waals surface area contributed by atoms with Crippen LogP contribution in [0.15, 0.2) is 18.2 Å². The summed E-state index contributed by atoms with van der Waals surface area (Å²) < 4.78 is 98.1. The average molecular weight is 577 g/mol. The first-order chi connectivity index (χ1) is 18.1. The van der Waals surface area contributed by atoms with Crippen molar-refractivity contribution >= 4 is 27.5 Å². The zero-order chi connectivity index (χ0) is 28.4. The van der Waals surface area contributed by atoms with Gasteiger partial charge in [0.1, 0.15) is 28.4 Å². The summed E-state index contributed by atoms with van der Waals surface area (Å²) in [5, 5.41) is 9.21. The van der Waals surface area contributed by atoms with Crippen molar-refractivity contribution < 1.29 is 44.7 Å². The molecule has 2 aliphatic carbocycles. The van der Waals surface area contributed by atoms with Crippen LogP contribution in [0.3, 0.4) is 0 Å². The third kappa shape index (κ3) is 5.45. The van der Waals surface area contributed by atoms with E-state index in [1.165, 1.54) is 10.7 Å². The Morgan fingerprint density at radius 1 is 1.26 bits per heavy atom. The van der Waals surface area contributed by atoms with Crippen LogP contribution in [0.5, 0.6) is 5.75 Å². The summed E-state index contributed by atoms with van der Waals surface area (Å²) in [4.78, 5) is 25.8. The number of halogens is 5. The Morgan fingerprint density at radius 2 is 1.97 bits per heavy atom. The van der Waals surface area contributed by atoms with Crippen LogP contribution in [-0.2, 0) is 39.6 Å². The van der Waals surface area contributed by atoms with Gasteiger partial charge in [-0.05, 0) is 35.6 Å². The molecule has 15 heteroatoms. The summed E-state index contributed by atoms with van der Waals surface area (Å²) in [7, 11) is -3.69. The Bertz CT molecular complexity index is 1450. The second-order valence-corrected chi connectivity index (χ2v) is 12.5. The molecule has 0 unspecified atom stereocenters. The molecule has 2 heterocycles. The summed E-state index contributed by atoms with van der Waals surface area (Å²) in [6, 6.07) is 3.46. The number of nitrogens with zero attached hydrogens (tertiary/aromatic N) is 2. The molecule has 9 nitrogen and oxygen atoms in total. The molecule has 2 amide bonds. The van der Waals surface area contributed by atoms with Crippen LogP contribution >= 0.6 is 0 Å². The Hall–Kier alpha value is -3.23. The molecule has 0 saturated heterocycles. The van der Waals surface area contributed by atoms with E-state index in [0.717, 1.165) is 31.2 Å². The van der Waals surface area contributed by atoms with Gasteiger partial charge in [0.15, 0.2) is 16.4 Å². The number of ether oxygens (including phenoxy) is 1. The third-order valence-corrected chi connectivity index (χ3v) is 7.87. The highest BCUT2D eigenvalue weighted by molar-refractivity contribution is 7.91. The van der Waals surface area contributed by atoms with Gasteiger partial charge in [0.25, 0.3) is 11.8 Å². The van der Waals surface area contributed by atoms with Crippen molar-refractivity contribution in [3.05, 3.63) is 40.6 Å². The first-order valence-corrected chi connectivity index (χ1v) is 14.2. The Labute approximate surface area is 220 Å². The van der Waals surface area contributed by atoms with Gasteiger partial charge in [0.05, 0.1) is 5.69 Å². The molecule has 2 aromatic rings. The minimum atomic E-state index is -4.61. The quantitative estimate of drug-likeness (QED) is 0.467. The van der Waals surface area contributed by atoms with Crippen LogP contribution in [0.2, 0.25) is 0 Å². The van der Waals surface area contributed by atoms with Crippen molar-refractivity contribution in [2.24, 2.45) is 5.92 Å². The summed E-state index contributed by atoms with van der Waals surface area (Å²) in [6.07, 6.45) is -2.34. The molecular formula is C24H25F5N4O5S. The number of amides is 2. The monoisotopic (exact) mass is 576 g/mol. The number of aryl methyl sites for hydroxylation is 1. The van der Waals surface area contributed by atoms with Gasteiger partial charge in [-0.25, -0.2) is 21.9 Å². The number of fused-ring (bicyclic) bond motifs is 3. The summed E-state index contributed by atoms with van der Waals surface area (Å²) >= 11 is 0. The molecule has 1 spiro atoms. The maximum absolute atomic E-state index is 15.6. The number of carbonyl (C=O) groups is 2. The highest BCUT2D eigenvalue weighted by Gasteiger charge is 2.63. The van der Waals surface area contributed by atoms with E-state index in [2.05, 4.69) is 15.7 Å². The SMILES string of the molecule is CS(=O)(=O)CC(=O)Nc1c2c(nn1CCC1CC1)C[C@@]1(NC2=O)c2ccc(OCC(F)(F)F)cc2CC1(F)F. The van der Waals surface area contributed by atoms with Crippen LogP contribution in [0, 0.1) is 5.92 Å². The van der Waals surface area contributed by atoms with Crippen LogP contribution in [0.25, 0.3) is 0 Å². The van der Waals surface area contributed by atoms with Crippen LogP contribution < -0.4 is 15.4 Å². The molecule has 1 aromatic carbocycles. The fourth-order valence-corrected chi connectivity index (χ4v) is 5.74. The first kappa shape index (κ1) is 27.3. The lowest BCUT2D eigenvalue weighted by Crippen LogP contribution is -2.59. The molecule has 1 aliphatic heterocycles. The minimum Gasteiger partial charge on any atom is -0.484 e. The molecule has 1 atom stereocenters. The lowest BCUT2D eigenvalue weighted by molar-refractivity contribution is -0.153. The molecule has 1 aromatic heterocycles. The summed E-state index contributed by atoms with van der Waals surface area (Å²) in [5.41, 5.74) is -2.31. The van der Waals surface area contributed by atoms with E-state index in [-0.39, 0.29) is 40.5 Å². The van der Waals surface area contributed by atoms with Gasteiger partial charge in [-0.3, -0.25) is 9.59 Å². The highest BCUT2D eigenvalue weighted by atomic mass is 32.2. The molecule has 5 rings (SSSR count). The maximum atomic E-state index is 15.6. The van der Waals surface area contributed by atoms with Gasteiger partial charge in [-0.15, -0.1) is 0 Å². The molecule has 2 N–H and O–H groups in total. The van der Waals surface area contributed by atoms with E-state index < -0.39 is 64.5 Å². The van der Waals surface area contributed by atoms with E-state index in [9.17, 15) is 31.2 Å². The molecule has 0 radical (unpaired) electrons. The van der Waals surface area contributed by atoms with Crippen LogP contribution in [-0.4, -0.2) is 60.7 Å². The van der Waals surface area contributed by atoms with Crippen molar-refractivity contribution in [1.29, 1.82) is 0 Å². The Balaban J connectivity index is 1.50. The smallest absolute Gasteiger partial charge is 0.422 e. The number of sulfone groups is 1. The van der Waals surface area contributed by atoms with Crippen LogP contribution in [0.4, 0.5) is 27.8 Å². The molecule has 1 saturated carbocycles. The third-order valence-electron chi connectivity index (χ3n) is 7.08. The molecule has 1 fully saturated rings. The predicted molar refractivity (Wildman–Crippen MR) is 127 cm³/mol. The second-order valence-electron chi connectivity index (χ2n) is 10.4. The normalized spacial score (nSPS) is 21.8. The van der Waals surface area contributed by atoms with Gasteiger partial charge in [0.2, 0.25) is 5.91 Å². The maximum Gasteiger partial charge on any atom is 0.422 e. The summed E-state index contributed by atoms with van der Waals surface area (Å²) in [6.45, 7) is -1.31. The predicted octanol–water partition coefficient (Wildman–Crippen LogP) is 2.98. The van der Waals surface area contributed by atoms with Crippen molar-refractivity contribution in [3.63, 3.8) is 0 Å².